The number of hydrogen-bond donors (Lipinski definition) is 2. The fraction of sp³-hybridized carbons (Fsp3) is 0.300. The molecule has 2 aromatic rings. The molecule has 2 aromatic carbocycles. The molecule has 2 aliphatic carbocycles. The van der Waals surface area contributed by atoms with E-state index in [1.807, 2.05) is 0 Å². The summed E-state index contributed by atoms with van der Waals surface area (Å²) < 4.78 is 24.8. The molecule has 0 saturated heterocycles. The molecule has 0 aliphatic heterocycles. The van der Waals surface area contributed by atoms with Gasteiger partial charge in [0.25, 0.3) is 11.8 Å². The Kier molecular flexibility index (Phi) is 5.85. The van der Waals surface area contributed by atoms with Crippen LogP contribution in [-0.2, 0) is 4.79 Å². The number of halogens is 7. The highest BCUT2D eigenvalue weighted by molar-refractivity contribution is 6.53. The van der Waals surface area contributed by atoms with E-state index >= 15 is 0 Å². The van der Waals surface area contributed by atoms with Crippen LogP contribution in [0.2, 0.25) is 15.1 Å². The Morgan fingerprint density at radius 3 is 2.19 bits per heavy atom. The lowest BCUT2D eigenvalue weighted by Crippen LogP contribution is -2.29. The van der Waals surface area contributed by atoms with Gasteiger partial charge in [-0.15, -0.1) is 23.2 Å². The average Bonchev–Trinajstić information content (AvgIpc) is 3.45. The average molecular weight is 529 g/mol. The standard InChI is InChI=1S/C20H13Cl5F2N2O2/c21-9-3-8(4-10(22)5-9)15-16(20(15,24)25)18(31)28-11-1-2-13(23)12(6-11)17(30)29-14-7-19(14,26)27/h1-6,14-16H,7H2,(H,28,31)(H,29,30)/t14?,15-,16+/m0/s1. The van der Waals surface area contributed by atoms with Crippen LogP contribution in [0.1, 0.15) is 28.3 Å². The van der Waals surface area contributed by atoms with Gasteiger partial charge in [-0.1, -0.05) is 34.8 Å². The summed E-state index contributed by atoms with van der Waals surface area (Å²) in [7, 11) is 0. The third kappa shape index (κ3) is 4.60. The van der Waals surface area contributed by atoms with Gasteiger partial charge in [0.1, 0.15) is 4.33 Å². The smallest absolute Gasteiger partial charge is 0.270 e. The highest BCUT2D eigenvalue weighted by Gasteiger charge is 2.67. The monoisotopic (exact) mass is 526 g/mol. The molecule has 3 atom stereocenters. The Balaban J connectivity index is 1.49. The number of rotatable bonds is 5. The summed E-state index contributed by atoms with van der Waals surface area (Å²) in [5.41, 5.74) is 0.810. The highest BCUT2D eigenvalue weighted by Crippen LogP contribution is 2.65. The fourth-order valence-corrected chi connectivity index (χ4v) is 5.00. The molecule has 2 N–H and O–H groups in total. The zero-order chi connectivity index (χ0) is 22.7. The first-order valence-corrected chi connectivity index (χ1v) is 10.9. The van der Waals surface area contributed by atoms with Gasteiger partial charge in [0.2, 0.25) is 5.91 Å². The Labute approximate surface area is 201 Å². The largest absolute Gasteiger partial charge is 0.343 e. The van der Waals surface area contributed by atoms with Crippen molar-refractivity contribution in [2.45, 2.75) is 28.6 Å². The minimum atomic E-state index is -2.91. The molecule has 2 aliphatic rings. The quantitative estimate of drug-likeness (QED) is 0.447. The van der Waals surface area contributed by atoms with Crippen LogP contribution in [0, 0.1) is 5.92 Å². The lowest BCUT2D eigenvalue weighted by molar-refractivity contribution is -0.117. The van der Waals surface area contributed by atoms with Crippen molar-refractivity contribution in [1.29, 1.82) is 0 Å². The number of carbonyl (C=O) groups is 2. The van der Waals surface area contributed by atoms with Gasteiger partial charge in [-0.2, -0.15) is 0 Å². The van der Waals surface area contributed by atoms with E-state index in [2.05, 4.69) is 10.6 Å². The number of carbonyl (C=O) groups excluding carboxylic acids is 2. The minimum absolute atomic E-state index is 0.0425. The van der Waals surface area contributed by atoms with Crippen LogP contribution in [0.25, 0.3) is 0 Å². The molecule has 0 aromatic heterocycles. The first-order chi connectivity index (χ1) is 14.4. The zero-order valence-electron chi connectivity index (χ0n) is 15.4. The van der Waals surface area contributed by atoms with Crippen LogP contribution >= 0.6 is 58.0 Å². The topological polar surface area (TPSA) is 58.2 Å². The molecule has 1 unspecified atom stereocenters. The van der Waals surface area contributed by atoms with Crippen LogP contribution < -0.4 is 10.6 Å². The molecule has 31 heavy (non-hydrogen) atoms. The SMILES string of the molecule is O=C(NC1CC1(F)F)c1cc(NC(=O)[C@H]2[C@H](c3cc(Cl)cc(Cl)c3)C2(Cl)Cl)ccc1Cl. The third-order valence-corrected chi connectivity index (χ3v) is 6.90. The Morgan fingerprint density at radius 1 is 1.00 bits per heavy atom. The molecule has 4 nitrogen and oxygen atoms in total. The van der Waals surface area contributed by atoms with Crippen LogP contribution in [-0.4, -0.2) is 28.1 Å². The Morgan fingerprint density at radius 2 is 1.61 bits per heavy atom. The maximum Gasteiger partial charge on any atom is 0.270 e. The molecule has 11 heteroatoms. The van der Waals surface area contributed by atoms with Gasteiger partial charge in [0, 0.05) is 28.1 Å². The van der Waals surface area contributed by atoms with Crippen molar-refractivity contribution in [2.75, 3.05) is 5.32 Å². The summed E-state index contributed by atoms with van der Waals surface area (Å²) in [6, 6.07) is 7.74. The lowest BCUT2D eigenvalue weighted by atomic mass is 10.1. The predicted molar refractivity (Wildman–Crippen MR) is 118 cm³/mol. The van der Waals surface area contributed by atoms with E-state index in [9.17, 15) is 18.4 Å². The molecular formula is C20H13Cl5F2N2O2. The van der Waals surface area contributed by atoms with Gasteiger partial charge in [-0.05, 0) is 42.0 Å². The molecule has 0 heterocycles. The molecule has 2 amide bonds. The summed E-state index contributed by atoms with van der Waals surface area (Å²) in [5, 5.41) is 5.67. The minimum Gasteiger partial charge on any atom is -0.343 e. The van der Waals surface area contributed by atoms with Crippen molar-refractivity contribution in [3.05, 3.63) is 62.6 Å². The molecule has 2 saturated carbocycles. The zero-order valence-corrected chi connectivity index (χ0v) is 19.1. The number of anilines is 1. The maximum atomic E-state index is 13.1. The van der Waals surface area contributed by atoms with Crippen molar-refractivity contribution in [2.24, 2.45) is 5.92 Å². The summed E-state index contributed by atoms with van der Waals surface area (Å²) in [5.74, 6) is -5.51. The number of nitrogens with one attached hydrogen (secondary N) is 2. The molecule has 0 bridgehead atoms. The first kappa shape index (κ1) is 22.9. The van der Waals surface area contributed by atoms with Gasteiger partial charge in [0.05, 0.1) is 22.5 Å². The van der Waals surface area contributed by atoms with Crippen molar-refractivity contribution in [3.63, 3.8) is 0 Å². The summed E-state index contributed by atoms with van der Waals surface area (Å²) >= 11 is 30.7. The number of alkyl halides is 4. The van der Waals surface area contributed by atoms with E-state index in [-0.39, 0.29) is 16.3 Å². The summed E-state index contributed by atoms with van der Waals surface area (Å²) in [6.07, 6.45) is -0.420. The lowest BCUT2D eigenvalue weighted by Gasteiger charge is -2.10. The maximum absolute atomic E-state index is 13.1. The highest BCUT2D eigenvalue weighted by atomic mass is 35.5. The summed E-state index contributed by atoms with van der Waals surface area (Å²) in [6.45, 7) is 0. The second-order valence-corrected chi connectivity index (χ2v) is 10.2. The fourth-order valence-electron chi connectivity index (χ4n) is 3.43. The molecule has 4 rings (SSSR count). The molecule has 0 radical (unpaired) electrons. The Hall–Kier alpha value is -1.31. The van der Waals surface area contributed by atoms with Crippen LogP contribution in [0.15, 0.2) is 36.4 Å². The normalized spacial score (nSPS) is 24.9. The van der Waals surface area contributed by atoms with Crippen molar-refractivity contribution in [1.82, 2.24) is 5.32 Å². The van der Waals surface area contributed by atoms with E-state index in [1.54, 1.807) is 18.2 Å². The molecular weight excluding hydrogens is 515 g/mol. The van der Waals surface area contributed by atoms with Gasteiger partial charge < -0.3 is 10.6 Å². The van der Waals surface area contributed by atoms with E-state index < -0.39 is 46.4 Å². The number of hydrogen-bond acceptors (Lipinski definition) is 2. The predicted octanol–water partition coefficient (Wildman–Crippen LogP) is 6.31. The van der Waals surface area contributed by atoms with Crippen LogP contribution in [0.3, 0.4) is 0 Å². The van der Waals surface area contributed by atoms with Gasteiger partial charge in [0.15, 0.2) is 0 Å². The first-order valence-electron chi connectivity index (χ1n) is 9.03. The molecule has 2 fully saturated rings. The Bertz CT molecular complexity index is 1070. The van der Waals surface area contributed by atoms with Crippen molar-refractivity contribution >= 4 is 75.5 Å². The van der Waals surface area contributed by atoms with Crippen molar-refractivity contribution < 1.29 is 18.4 Å². The van der Waals surface area contributed by atoms with Gasteiger partial charge >= 0.3 is 0 Å². The number of benzene rings is 2. The molecule has 0 spiro atoms. The van der Waals surface area contributed by atoms with E-state index in [0.717, 1.165) is 0 Å². The van der Waals surface area contributed by atoms with Crippen molar-refractivity contribution in [3.8, 4) is 0 Å². The molecule has 164 valence electrons. The summed E-state index contributed by atoms with van der Waals surface area (Å²) in [4.78, 5) is 25.1. The second-order valence-electron chi connectivity index (χ2n) is 7.51. The van der Waals surface area contributed by atoms with Gasteiger partial charge in [-0.3, -0.25) is 9.59 Å². The number of amides is 2. The van der Waals surface area contributed by atoms with Crippen LogP contribution in [0.5, 0.6) is 0 Å². The van der Waals surface area contributed by atoms with Gasteiger partial charge in [-0.25, -0.2) is 8.78 Å². The third-order valence-electron chi connectivity index (χ3n) is 5.19. The van der Waals surface area contributed by atoms with Crippen LogP contribution in [0.4, 0.5) is 14.5 Å². The van der Waals surface area contributed by atoms with E-state index in [1.165, 1.54) is 18.2 Å². The second kappa shape index (κ2) is 7.92. The van der Waals surface area contributed by atoms with E-state index in [4.69, 9.17) is 58.0 Å². The van der Waals surface area contributed by atoms with E-state index in [0.29, 0.717) is 15.6 Å².